The van der Waals surface area contributed by atoms with Gasteiger partial charge in [0.2, 0.25) is 0 Å². The van der Waals surface area contributed by atoms with Crippen LogP contribution in [0.4, 0.5) is 0 Å². The van der Waals surface area contributed by atoms with Gasteiger partial charge >= 0.3 is 0 Å². The van der Waals surface area contributed by atoms with E-state index in [0.717, 1.165) is 12.8 Å². The molecule has 2 aliphatic rings. The van der Waals surface area contributed by atoms with Crippen LogP contribution in [0.1, 0.15) is 12.8 Å². The smallest absolute Gasteiger partial charge is 0.277 e. The molecule has 4 N–H and O–H groups in total. The van der Waals surface area contributed by atoms with Crippen LogP contribution < -0.4 is 15.2 Å². The van der Waals surface area contributed by atoms with Gasteiger partial charge in [-0.3, -0.25) is 0 Å². The number of fused-ring (bicyclic) bond motifs is 1. The third kappa shape index (κ3) is 2.02. The molecule has 1 aliphatic carbocycles. The fraction of sp³-hybridized carbons (Fsp3) is 1.00. The van der Waals surface area contributed by atoms with Gasteiger partial charge in [-0.2, -0.15) is 13.1 Å². The van der Waals surface area contributed by atoms with Gasteiger partial charge in [-0.25, -0.2) is 4.72 Å². The van der Waals surface area contributed by atoms with E-state index in [1.165, 1.54) is 7.05 Å². The van der Waals surface area contributed by atoms with Crippen molar-refractivity contribution in [3.63, 3.8) is 0 Å². The van der Waals surface area contributed by atoms with Crippen LogP contribution in [0.5, 0.6) is 0 Å². The minimum atomic E-state index is -3.42. The number of nitrogens with one attached hydrogen (secondary N) is 2. The van der Waals surface area contributed by atoms with Crippen LogP contribution in [0.3, 0.4) is 0 Å². The first-order chi connectivity index (χ1) is 7.05. The first kappa shape index (κ1) is 11.3. The van der Waals surface area contributed by atoms with Crippen LogP contribution in [0, 0.1) is 5.92 Å². The SMILES string of the molecule is CNS(=O)(=O)NC1C(N)C2CCCOC21. The van der Waals surface area contributed by atoms with E-state index in [-0.39, 0.29) is 18.2 Å². The third-order valence-electron chi connectivity index (χ3n) is 3.24. The zero-order chi connectivity index (χ0) is 11.1. The highest BCUT2D eigenvalue weighted by Gasteiger charge is 2.51. The second-order valence-electron chi connectivity index (χ2n) is 4.07. The van der Waals surface area contributed by atoms with Gasteiger partial charge < -0.3 is 10.5 Å². The summed E-state index contributed by atoms with van der Waals surface area (Å²) >= 11 is 0. The summed E-state index contributed by atoms with van der Waals surface area (Å²) in [7, 11) is -2.06. The number of nitrogens with two attached hydrogens (primary N) is 1. The molecule has 0 amide bonds. The third-order valence-corrected chi connectivity index (χ3v) is 4.36. The first-order valence-corrected chi connectivity index (χ1v) is 6.61. The molecule has 0 aromatic heterocycles. The van der Waals surface area contributed by atoms with Crippen LogP contribution >= 0.6 is 0 Å². The Labute approximate surface area is 89.7 Å². The zero-order valence-electron chi connectivity index (χ0n) is 8.64. The molecule has 88 valence electrons. The summed E-state index contributed by atoms with van der Waals surface area (Å²) in [6.45, 7) is 0.700. The molecule has 4 unspecified atom stereocenters. The average Bonchev–Trinajstić information content (AvgIpc) is 2.26. The fourth-order valence-electron chi connectivity index (χ4n) is 2.33. The number of ether oxygens (including phenoxy) is 1. The van der Waals surface area contributed by atoms with Crippen molar-refractivity contribution in [3.8, 4) is 0 Å². The van der Waals surface area contributed by atoms with Crippen LogP contribution in [0.15, 0.2) is 0 Å². The van der Waals surface area contributed by atoms with Crippen LogP contribution in [-0.2, 0) is 14.9 Å². The topological polar surface area (TPSA) is 93.5 Å². The van der Waals surface area contributed by atoms with E-state index in [0.29, 0.717) is 12.5 Å². The molecule has 7 heteroatoms. The van der Waals surface area contributed by atoms with E-state index >= 15 is 0 Å². The van der Waals surface area contributed by atoms with Gasteiger partial charge in [0.05, 0.1) is 12.1 Å². The summed E-state index contributed by atoms with van der Waals surface area (Å²) in [6, 6.07) is -0.411. The molecular weight excluding hydrogens is 218 g/mol. The maximum Gasteiger partial charge on any atom is 0.277 e. The molecule has 1 saturated carbocycles. The van der Waals surface area contributed by atoms with E-state index in [9.17, 15) is 8.42 Å². The molecule has 4 atom stereocenters. The molecule has 0 aromatic carbocycles. The Bertz CT molecular complexity index is 332. The molecule has 1 heterocycles. The maximum absolute atomic E-state index is 11.3. The monoisotopic (exact) mass is 235 g/mol. The van der Waals surface area contributed by atoms with Crippen molar-refractivity contribution in [1.82, 2.24) is 9.44 Å². The average molecular weight is 235 g/mol. The van der Waals surface area contributed by atoms with Gasteiger partial charge in [0.15, 0.2) is 0 Å². The summed E-state index contributed by atoms with van der Waals surface area (Å²) in [5, 5.41) is 0. The largest absolute Gasteiger partial charge is 0.376 e. The van der Waals surface area contributed by atoms with E-state index in [4.69, 9.17) is 10.5 Å². The predicted octanol–water partition coefficient (Wildman–Crippen LogP) is -1.46. The highest BCUT2D eigenvalue weighted by atomic mass is 32.2. The molecule has 0 spiro atoms. The lowest BCUT2D eigenvalue weighted by molar-refractivity contribution is -0.114. The molecule has 2 fully saturated rings. The maximum atomic E-state index is 11.3. The van der Waals surface area contributed by atoms with Crippen molar-refractivity contribution in [3.05, 3.63) is 0 Å². The molecule has 1 saturated heterocycles. The predicted molar refractivity (Wildman–Crippen MR) is 55.3 cm³/mol. The highest BCUT2D eigenvalue weighted by Crippen LogP contribution is 2.37. The lowest BCUT2D eigenvalue weighted by Gasteiger charge is -2.52. The van der Waals surface area contributed by atoms with Crippen LogP contribution in [0.2, 0.25) is 0 Å². The van der Waals surface area contributed by atoms with Crippen molar-refractivity contribution in [2.24, 2.45) is 11.7 Å². The Hall–Kier alpha value is -0.210. The Morgan fingerprint density at radius 1 is 1.47 bits per heavy atom. The number of rotatable bonds is 3. The van der Waals surface area contributed by atoms with Gasteiger partial charge in [-0.05, 0) is 12.8 Å². The van der Waals surface area contributed by atoms with Crippen molar-refractivity contribution in [1.29, 1.82) is 0 Å². The molecule has 0 radical (unpaired) electrons. The molecular formula is C8H17N3O3S. The Morgan fingerprint density at radius 3 is 2.87 bits per heavy atom. The van der Waals surface area contributed by atoms with Gasteiger partial charge in [-0.1, -0.05) is 0 Å². The second kappa shape index (κ2) is 3.99. The van der Waals surface area contributed by atoms with Crippen molar-refractivity contribution in [2.45, 2.75) is 31.0 Å². The summed E-state index contributed by atoms with van der Waals surface area (Å²) in [6.07, 6.45) is 2.00. The highest BCUT2D eigenvalue weighted by molar-refractivity contribution is 7.87. The van der Waals surface area contributed by atoms with E-state index < -0.39 is 10.2 Å². The van der Waals surface area contributed by atoms with E-state index in [1.54, 1.807) is 0 Å². The van der Waals surface area contributed by atoms with E-state index in [2.05, 4.69) is 9.44 Å². The first-order valence-electron chi connectivity index (χ1n) is 5.13. The van der Waals surface area contributed by atoms with Gasteiger partial charge in [0.1, 0.15) is 0 Å². The molecule has 0 aromatic rings. The summed E-state index contributed by atoms with van der Waals surface area (Å²) in [4.78, 5) is 0. The number of hydrogen-bond acceptors (Lipinski definition) is 4. The second-order valence-corrected chi connectivity index (χ2v) is 5.72. The van der Waals surface area contributed by atoms with Gasteiger partial charge in [0.25, 0.3) is 10.2 Å². The standard InChI is InChI=1S/C8H17N3O3S/c1-10-15(12,13)11-7-6(9)5-3-2-4-14-8(5)7/h5-8,10-11H,2-4,9H2,1H3. The lowest BCUT2D eigenvalue weighted by atomic mass is 9.69. The van der Waals surface area contributed by atoms with E-state index in [1.807, 2.05) is 0 Å². The van der Waals surface area contributed by atoms with Crippen LogP contribution in [-0.4, -0.2) is 40.3 Å². The Morgan fingerprint density at radius 2 is 2.20 bits per heavy atom. The zero-order valence-corrected chi connectivity index (χ0v) is 9.46. The summed E-state index contributed by atoms with van der Waals surface area (Å²) in [5.74, 6) is 0.309. The molecule has 1 aliphatic heterocycles. The minimum absolute atomic E-state index is 0.0446. The van der Waals surface area contributed by atoms with Gasteiger partial charge in [-0.15, -0.1) is 0 Å². The Balaban J connectivity index is 1.99. The Kier molecular flexibility index (Phi) is 3.00. The van der Waals surface area contributed by atoms with Crippen molar-refractivity contribution < 1.29 is 13.2 Å². The van der Waals surface area contributed by atoms with Gasteiger partial charge in [0, 0.05) is 25.6 Å². The fourth-order valence-corrected chi connectivity index (χ4v) is 3.10. The lowest BCUT2D eigenvalue weighted by Crippen LogP contribution is -2.72. The number of hydrogen-bond donors (Lipinski definition) is 3. The summed E-state index contributed by atoms with van der Waals surface area (Å²) < 4.78 is 32.8. The molecule has 6 nitrogen and oxygen atoms in total. The summed E-state index contributed by atoms with van der Waals surface area (Å²) in [5.41, 5.74) is 5.90. The van der Waals surface area contributed by atoms with Crippen molar-refractivity contribution >= 4 is 10.2 Å². The molecule has 0 bridgehead atoms. The van der Waals surface area contributed by atoms with Crippen molar-refractivity contribution in [2.75, 3.05) is 13.7 Å². The molecule has 2 rings (SSSR count). The van der Waals surface area contributed by atoms with Crippen LogP contribution in [0.25, 0.3) is 0 Å². The quantitative estimate of drug-likeness (QED) is 0.557. The normalized spacial score (nSPS) is 40.7. The molecule has 15 heavy (non-hydrogen) atoms. The minimum Gasteiger partial charge on any atom is -0.376 e.